The number of fused-ring (bicyclic) bond motifs is 1. The number of carbonyl (C=O) groups is 1. The lowest BCUT2D eigenvalue weighted by molar-refractivity contribution is -0.274. The number of benzene rings is 2. The van der Waals surface area contributed by atoms with Crippen molar-refractivity contribution < 1.29 is 37.0 Å². The lowest BCUT2D eigenvalue weighted by Gasteiger charge is -2.18. The Kier molecular flexibility index (Phi) is 5.49. The quantitative estimate of drug-likeness (QED) is 0.640. The number of hydrogen-bond acceptors (Lipinski definition) is 6. The van der Waals surface area contributed by atoms with Gasteiger partial charge in [-0.05, 0) is 29.8 Å². The molecule has 1 N–H and O–H groups in total. The van der Waals surface area contributed by atoms with Crippen LogP contribution in [0.1, 0.15) is 23.7 Å². The summed E-state index contributed by atoms with van der Waals surface area (Å²) in [6.07, 6.45) is -5.17. The molecule has 3 aromatic rings. The SMILES string of the molecule is COC(=O)C[C@@H](c1ccc(OC(F)(F)F)cc1)c1oc2ccccc2c(=O)c1O. The van der Waals surface area contributed by atoms with Gasteiger partial charge in [0, 0.05) is 0 Å². The van der Waals surface area contributed by atoms with Gasteiger partial charge >= 0.3 is 12.3 Å². The Hall–Kier alpha value is -3.49. The molecule has 0 radical (unpaired) electrons. The molecule has 29 heavy (non-hydrogen) atoms. The summed E-state index contributed by atoms with van der Waals surface area (Å²) in [6.45, 7) is 0. The lowest BCUT2D eigenvalue weighted by Crippen LogP contribution is -2.17. The molecule has 2 aromatic carbocycles. The van der Waals surface area contributed by atoms with Gasteiger partial charge in [-0.15, -0.1) is 13.2 Å². The van der Waals surface area contributed by atoms with Crippen LogP contribution in [0.4, 0.5) is 13.2 Å². The minimum Gasteiger partial charge on any atom is -0.502 e. The summed E-state index contributed by atoms with van der Waals surface area (Å²) in [5, 5.41) is 10.5. The number of carbonyl (C=O) groups excluding carboxylic acids is 1. The minimum atomic E-state index is -4.85. The molecule has 0 spiro atoms. The number of ether oxygens (including phenoxy) is 2. The van der Waals surface area contributed by atoms with Crippen molar-refractivity contribution in [2.45, 2.75) is 18.7 Å². The maximum Gasteiger partial charge on any atom is 0.573 e. The molecule has 6 nitrogen and oxygen atoms in total. The van der Waals surface area contributed by atoms with Crippen LogP contribution >= 0.6 is 0 Å². The van der Waals surface area contributed by atoms with E-state index in [1.807, 2.05) is 0 Å². The normalized spacial score (nSPS) is 12.6. The van der Waals surface area contributed by atoms with E-state index in [1.54, 1.807) is 12.1 Å². The van der Waals surface area contributed by atoms with Crippen LogP contribution < -0.4 is 10.2 Å². The molecule has 0 bridgehead atoms. The number of para-hydroxylation sites is 1. The van der Waals surface area contributed by atoms with Crippen molar-refractivity contribution in [1.29, 1.82) is 0 Å². The average Bonchev–Trinajstić information content (AvgIpc) is 2.68. The summed E-state index contributed by atoms with van der Waals surface area (Å²) < 4.78 is 51.3. The van der Waals surface area contributed by atoms with Gasteiger partial charge in [0.1, 0.15) is 11.3 Å². The first-order chi connectivity index (χ1) is 13.7. The molecule has 152 valence electrons. The lowest BCUT2D eigenvalue weighted by atomic mass is 9.92. The molecule has 0 aliphatic heterocycles. The number of esters is 1. The van der Waals surface area contributed by atoms with E-state index in [2.05, 4.69) is 9.47 Å². The average molecular weight is 408 g/mol. The van der Waals surface area contributed by atoms with Gasteiger partial charge in [-0.3, -0.25) is 9.59 Å². The fourth-order valence-corrected chi connectivity index (χ4v) is 2.90. The molecule has 0 aliphatic carbocycles. The van der Waals surface area contributed by atoms with Crippen LogP contribution in [-0.2, 0) is 9.53 Å². The first-order valence-electron chi connectivity index (χ1n) is 8.37. The molecule has 1 heterocycles. The maximum absolute atomic E-state index is 12.5. The maximum atomic E-state index is 12.5. The Morgan fingerprint density at radius 1 is 1.14 bits per heavy atom. The Balaban J connectivity index is 2.09. The highest BCUT2D eigenvalue weighted by molar-refractivity contribution is 5.78. The van der Waals surface area contributed by atoms with E-state index in [4.69, 9.17) is 4.42 Å². The number of hydrogen-bond donors (Lipinski definition) is 1. The fraction of sp³-hybridized carbons (Fsp3) is 0.200. The van der Waals surface area contributed by atoms with Gasteiger partial charge in [-0.1, -0.05) is 24.3 Å². The van der Waals surface area contributed by atoms with Crippen LogP contribution in [0.5, 0.6) is 11.5 Å². The van der Waals surface area contributed by atoms with Gasteiger partial charge in [-0.25, -0.2) is 0 Å². The van der Waals surface area contributed by atoms with Crippen molar-refractivity contribution in [3.63, 3.8) is 0 Å². The number of alkyl halides is 3. The molecular weight excluding hydrogens is 393 g/mol. The third-order valence-electron chi connectivity index (χ3n) is 4.23. The van der Waals surface area contributed by atoms with E-state index < -0.39 is 35.2 Å². The van der Waals surface area contributed by atoms with Gasteiger partial charge in [0.2, 0.25) is 11.2 Å². The smallest absolute Gasteiger partial charge is 0.502 e. The summed E-state index contributed by atoms with van der Waals surface area (Å²) in [5.41, 5.74) is -0.176. The number of methoxy groups -OCH3 is 1. The van der Waals surface area contributed by atoms with Gasteiger partial charge in [-0.2, -0.15) is 0 Å². The van der Waals surface area contributed by atoms with Crippen LogP contribution in [0.2, 0.25) is 0 Å². The van der Waals surface area contributed by atoms with Crippen LogP contribution in [0, 0.1) is 0 Å². The summed E-state index contributed by atoms with van der Waals surface area (Å²) in [6, 6.07) is 10.9. The zero-order valence-corrected chi connectivity index (χ0v) is 15.0. The summed E-state index contributed by atoms with van der Waals surface area (Å²) in [7, 11) is 1.16. The summed E-state index contributed by atoms with van der Waals surface area (Å²) in [4.78, 5) is 24.4. The second-order valence-corrected chi connectivity index (χ2v) is 6.09. The first kappa shape index (κ1) is 20.2. The predicted octanol–water partition coefficient (Wildman–Crippen LogP) is 4.09. The highest BCUT2D eigenvalue weighted by Crippen LogP contribution is 2.35. The molecule has 0 aliphatic rings. The first-order valence-corrected chi connectivity index (χ1v) is 8.37. The zero-order valence-electron chi connectivity index (χ0n) is 15.0. The Morgan fingerprint density at radius 2 is 1.79 bits per heavy atom. The van der Waals surface area contributed by atoms with Crippen molar-refractivity contribution >= 4 is 16.9 Å². The molecular formula is C20H15F3O6. The van der Waals surface area contributed by atoms with E-state index in [1.165, 1.54) is 24.3 Å². The van der Waals surface area contributed by atoms with Crippen LogP contribution in [0.25, 0.3) is 11.0 Å². The third-order valence-corrected chi connectivity index (χ3v) is 4.23. The molecule has 0 saturated heterocycles. The van der Waals surface area contributed by atoms with E-state index in [9.17, 15) is 27.9 Å². The molecule has 9 heteroatoms. The van der Waals surface area contributed by atoms with Crippen molar-refractivity contribution in [3.8, 4) is 11.5 Å². The number of aromatic hydroxyl groups is 1. The molecule has 0 amide bonds. The van der Waals surface area contributed by atoms with Gasteiger partial charge in [0.05, 0.1) is 24.8 Å². The van der Waals surface area contributed by atoms with E-state index in [0.717, 1.165) is 19.2 Å². The zero-order chi connectivity index (χ0) is 21.2. The van der Waals surface area contributed by atoms with Crippen molar-refractivity contribution in [2.24, 2.45) is 0 Å². The molecule has 0 fully saturated rings. The van der Waals surface area contributed by atoms with Crippen LogP contribution in [0.3, 0.4) is 0 Å². The fourth-order valence-electron chi connectivity index (χ4n) is 2.90. The van der Waals surface area contributed by atoms with Crippen LogP contribution in [0.15, 0.2) is 57.7 Å². The molecule has 0 saturated carbocycles. The Labute approximate surface area is 162 Å². The molecule has 0 unspecified atom stereocenters. The Bertz CT molecular complexity index is 1090. The summed E-state index contributed by atoms with van der Waals surface area (Å²) in [5.74, 6) is -2.97. The third kappa shape index (κ3) is 4.50. The largest absolute Gasteiger partial charge is 0.573 e. The predicted molar refractivity (Wildman–Crippen MR) is 95.7 cm³/mol. The monoisotopic (exact) mass is 408 g/mol. The topological polar surface area (TPSA) is 86.0 Å². The van der Waals surface area contributed by atoms with E-state index in [-0.39, 0.29) is 23.2 Å². The van der Waals surface area contributed by atoms with E-state index >= 15 is 0 Å². The van der Waals surface area contributed by atoms with E-state index in [0.29, 0.717) is 5.56 Å². The van der Waals surface area contributed by atoms with Gasteiger partial charge < -0.3 is 19.0 Å². The minimum absolute atomic E-state index is 0.152. The van der Waals surface area contributed by atoms with Gasteiger partial charge in [0.15, 0.2) is 5.76 Å². The standard InChI is InChI=1S/C20H15F3O6/c1-27-16(24)10-14(11-6-8-12(9-7-11)29-20(21,22)23)19-18(26)17(25)13-4-2-3-5-15(13)28-19/h2-9,14,26H,10H2,1H3/t14-/m0/s1. The molecule has 1 atom stereocenters. The van der Waals surface area contributed by atoms with Crippen molar-refractivity contribution in [2.75, 3.05) is 7.11 Å². The molecule has 1 aromatic heterocycles. The summed E-state index contributed by atoms with van der Waals surface area (Å²) >= 11 is 0. The van der Waals surface area contributed by atoms with Crippen molar-refractivity contribution in [3.05, 3.63) is 70.1 Å². The molecule has 3 rings (SSSR count). The second-order valence-electron chi connectivity index (χ2n) is 6.09. The van der Waals surface area contributed by atoms with Gasteiger partial charge in [0.25, 0.3) is 0 Å². The number of rotatable bonds is 5. The van der Waals surface area contributed by atoms with Crippen LogP contribution in [-0.4, -0.2) is 24.5 Å². The second kappa shape index (κ2) is 7.86. The highest BCUT2D eigenvalue weighted by Gasteiger charge is 2.31. The highest BCUT2D eigenvalue weighted by atomic mass is 19.4. The Morgan fingerprint density at radius 3 is 2.41 bits per heavy atom. The van der Waals surface area contributed by atoms with Crippen molar-refractivity contribution in [1.82, 2.24) is 0 Å². The number of halogens is 3.